The summed E-state index contributed by atoms with van der Waals surface area (Å²) in [6.45, 7) is 0.630. The van der Waals surface area contributed by atoms with Crippen LogP contribution in [-0.2, 0) is 6.54 Å². The highest BCUT2D eigenvalue weighted by Crippen LogP contribution is 2.25. The lowest BCUT2D eigenvalue weighted by molar-refractivity contribution is 0.397. The number of nitrogens with zero attached hydrogens (tertiary/aromatic N) is 1. The SMILES string of the molecule is COc1cc(CNc2cccc(Br)c2C(N)=S)ccn1. The molecule has 0 bridgehead atoms. The number of pyridine rings is 1. The van der Waals surface area contributed by atoms with Gasteiger partial charge in [-0.25, -0.2) is 4.98 Å². The van der Waals surface area contributed by atoms with Gasteiger partial charge in [0.1, 0.15) is 4.99 Å². The molecule has 0 spiro atoms. The Bertz CT molecular complexity index is 634. The van der Waals surface area contributed by atoms with Gasteiger partial charge in [-0.1, -0.05) is 18.3 Å². The molecule has 104 valence electrons. The predicted molar refractivity (Wildman–Crippen MR) is 88.1 cm³/mol. The summed E-state index contributed by atoms with van der Waals surface area (Å²) in [4.78, 5) is 4.43. The zero-order chi connectivity index (χ0) is 14.5. The standard InChI is InChI=1S/C14H14BrN3OS/c1-19-12-7-9(5-6-17-12)8-18-11-4-2-3-10(15)13(11)14(16)20/h2-7,18H,8H2,1H3,(H2,16,20). The first kappa shape index (κ1) is 14.7. The predicted octanol–water partition coefficient (Wildman–Crippen LogP) is 3.10. The summed E-state index contributed by atoms with van der Waals surface area (Å²) in [5.41, 5.74) is 8.52. The van der Waals surface area contributed by atoms with Crippen molar-refractivity contribution in [2.24, 2.45) is 5.73 Å². The van der Waals surface area contributed by atoms with Gasteiger partial charge in [0.2, 0.25) is 5.88 Å². The fourth-order valence-electron chi connectivity index (χ4n) is 1.79. The zero-order valence-corrected chi connectivity index (χ0v) is 13.3. The molecule has 0 aliphatic carbocycles. The van der Waals surface area contributed by atoms with Gasteiger partial charge in [0, 0.05) is 34.5 Å². The highest BCUT2D eigenvalue weighted by atomic mass is 79.9. The van der Waals surface area contributed by atoms with Crippen molar-refractivity contribution in [3.8, 4) is 5.88 Å². The minimum Gasteiger partial charge on any atom is -0.481 e. The molecule has 0 fully saturated rings. The van der Waals surface area contributed by atoms with Crippen LogP contribution in [0.5, 0.6) is 5.88 Å². The Hall–Kier alpha value is -1.66. The third kappa shape index (κ3) is 3.46. The van der Waals surface area contributed by atoms with Crippen molar-refractivity contribution in [1.29, 1.82) is 0 Å². The van der Waals surface area contributed by atoms with Crippen LogP contribution in [0.15, 0.2) is 41.0 Å². The number of anilines is 1. The third-order valence-electron chi connectivity index (χ3n) is 2.75. The number of hydrogen-bond donors (Lipinski definition) is 2. The monoisotopic (exact) mass is 351 g/mol. The number of halogens is 1. The van der Waals surface area contributed by atoms with Crippen molar-refractivity contribution in [1.82, 2.24) is 4.98 Å². The summed E-state index contributed by atoms with van der Waals surface area (Å²) < 4.78 is 5.98. The summed E-state index contributed by atoms with van der Waals surface area (Å²) >= 11 is 8.54. The molecule has 1 aromatic heterocycles. The van der Waals surface area contributed by atoms with Gasteiger partial charge in [0.25, 0.3) is 0 Å². The Kier molecular flexibility index (Phi) is 4.92. The van der Waals surface area contributed by atoms with Crippen LogP contribution in [0, 0.1) is 0 Å². The molecule has 0 saturated carbocycles. The van der Waals surface area contributed by atoms with E-state index in [4.69, 9.17) is 22.7 Å². The fourth-order valence-corrected chi connectivity index (χ4v) is 2.72. The van der Waals surface area contributed by atoms with Gasteiger partial charge in [0.05, 0.1) is 7.11 Å². The maximum absolute atomic E-state index is 5.76. The second-order valence-corrected chi connectivity index (χ2v) is 5.38. The Morgan fingerprint density at radius 1 is 1.45 bits per heavy atom. The first-order valence-electron chi connectivity index (χ1n) is 5.93. The number of nitrogens with two attached hydrogens (primary N) is 1. The summed E-state index contributed by atoms with van der Waals surface area (Å²) in [5, 5.41) is 3.32. The number of nitrogens with one attached hydrogen (secondary N) is 1. The molecule has 0 atom stereocenters. The molecule has 2 aromatic rings. The molecule has 0 unspecified atom stereocenters. The van der Waals surface area contributed by atoms with Crippen LogP contribution in [0.1, 0.15) is 11.1 Å². The van der Waals surface area contributed by atoms with E-state index in [1.165, 1.54) is 0 Å². The Balaban J connectivity index is 2.18. The molecule has 2 rings (SSSR count). The summed E-state index contributed by atoms with van der Waals surface area (Å²) in [5.74, 6) is 0.591. The molecular formula is C14H14BrN3OS. The van der Waals surface area contributed by atoms with Gasteiger partial charge in [-0.15, -0.1) is 0 Å². The van der Waals surface area contributed by atoms with Crippen LogP contribution in [0.4, 0.5) is 5.69 Å². The lowest BCUT2D eigenvalue weighted by atomic mass is 10.1. The number of rotatable bonds is 5. The first-order chi connectivity index (χ1) is 9.61. The number of thiocarbonyl (C=S) groups is 1. The number of hydrogen-bond acceptors (Lipinski definition) is 4. The molecule has 0 amide bonds. The summed E-state index contributed by atoms with van der Waals surface area (Å²) in [6.07, 6.45) is 1.71. The van der Waals surface area contributed by atoms with Crippen LogP contribution >= 0.6 is 28.1 Å². The average molecular weight is 352 g/mol. The van der Waals surface area contributed by atoms with E-state index in [2.05, 4.69) is 26.2 Å². The molecular weight excluding hydrogens is 338 g/mol. The van der Waals surface area contributed by atoms with Crippen molar-refractivity contribution in [2.75, 3.05) is 12.4 Å². The molecule has 0 radical (unpaired) electrons. The van der Waals surface area contributed by atoms with Gasteiger partial charge in [-0.3, -0.25) is 0 Å². The Morgan fingerprint density at radius 2 is 2.25 bits per heavy atom. The van der Waals surface area contributed by atoms with Crippen LogP contribution in [0.2, 0.25) is 0 Å². The lowest BCUT2D eigenvalue weighted by Gasteiger charge is -2.13. The van der Waals surface area contributed by atoms with Gasteiger partial charge in [-0.05, 0) is 39.7 Å². The van der Waals surface area contributed by atoms with Gasteiger partial charge >= 0.3 is 0 Å². The molecule has 0 aliphatic rings. The van der Waals surface area contributed by atoms with Crippen LogP contribution in [-0.4, -0.2) is 17.1 Å². The molecule has 1 heterocycles. The van der Waals surface area contributed by atoms with Crippen molar-refractivity contribution < 1.29 is 4.74 Å². The maximum Gasteiger partial charge on any atom is 0.213 e. The number of methoxy groups -OCH3 is 1. The number of aromatic nitrogens is 1. The largest absolute Gasteiger partial charge is 0.481 e. The lowest BCUT2D eigenvalue weighted by Crippen LogP contribution is -2.14. The van der Waals surface area contributed by atoms with Crippen LogP contribution in [0.25, 0.3) is 0 Å². The molecule has 0 saturated heterocycles. The van der Waals surface area contributed by atoms with Gasteiger partial charge in [-0.2, -0.15) is 0 Å². The highest BCUT2D eigenvalue weighted by molar-refractivity contribution is 9.10. The Morgan fingerprint density at radius 3 is 2.95 bits per heavy atom. The molecule has 6 heteroatoms. The van der Waals surface area contributed by atoms with E-state index in [1.807, 2.05) is 30.3 Å². The molecule has 3 N–H and O–H groups in total. The summed E-state index contributed by atoms with van der Waals surface area (Å²) in [6, 6.07) is 9.59. The van der Waals surface area contributed by atoms with Gasteiger partial charge in [0.15, 0.2) is 0 Å². The van der Waals surface area contributed by atoms with Crippen molar-refractivity contribution in [2.45, 2.75) is 6.54 Å². The molecule has 1 aromatic carbocycles. The topological polar surface area (TPSA) is 60.2 Å². The van der Waals surface area contributed by atoms with E-state index in [9.17, 15) is 0 Å². The molecule has 0 aliphatic heterocycles. The van der Waals surface area contributed by atoms with Crippen LogP contribution < -0.4 is 15.8 Å². The highest BCUT2D eigenvalue weighted by Gasteiger charge is 2.09. The van der Waals surface area contributed by atoms with Crippen LogP contribution in [0.3, 0.4) is 0 Å². The summed E-state index contributed by atoms with van der Waals surface area (Å²) in [7, 11) is 1.60. The third-order valence-corrected chi connectivity index (χ3v) is 3.62. The minimum absolute atomic E-state index is 0.354. The van der Waals surface area contributed by atoms with Crippen molar-refractivity contribution in [3.63, 3.8) is 0 Å². The smallest absolute Gasteiger partial charge is 0.213 e. The average Bonchev–Trinajstić information content (AvgIpc) is 2.45. The van der Waals surface area contributed by atoms with Crippen molar-refractivity contribution in [3.05, 3.63) is 52.1 Å². The zero-order valence-electron chi connectivity index (χ0n) is 10.9. The second-order valence-electron chi connectivity index (χ2n) is 4.09. The van der Waals surface area contributed by atoms with Crippen molar-refractivity contribution >= 4 is 38.8 Å². The van der Waals surface area contributed by atoms with Gasteiger partial charge < -0.3 is 15.8 Å². The molecule has 4 nitrogen and oxygen atoms in total. The van der Waals surface area contributed by atoms with E-state index in [0.29, 0.717) is 17.4 Å². The second kappa shape index (κ2) is 6.67. The normalized spacial score (nSPS) is 10.1. The number of ether oxygens (including phenoxy) is 1. The van der Waals surface area contributed by atoms with E-state index in [-0.39, 0.29) is 0 Å². The van der Waals surface area contributed by atoms with E-state index in [1.54, 1.807) is 13.3 Å². The Labute approximate surface area is 131 Å². The molecule has 20 heavy (non-hydrogen) atoms. The minimum atomic E-state index is 0.354. The van der Waals surface area contributed by atoms with E-state index < -0.39 is 0 Å². The first-order valence-corrected chi connectivity index (χ1v) is 7.13. The fraction of sp³-hybridized carbons (Fsp3) is 0.143. The maximum atomic E-state index is 5.76. The number of benzene rings is 1. The quantitative estimate of drug-likeness (QED) is 0.810. The van der Waals surface area contributed by atoms with E-state index in [0.717, 1.165) is 21.3 Å². The van der Waals surface area contributed by atoms with E-state index >= 15 is 0 Å².